The van der Waals surface area contributed by atoms with Gasteiger partial charge in [-0.15, -0.1) is 0 Å². The maximum absolute atomic E-state index is 11.3. The lowest BCUT2D eigenvalue weighted by atomic mass is 10.2. The molecule has 0 aromatic heterocycles. The summed E-state index contributed by atoms with van der Waals surface area (Å²) in [7, 11) is 5.29. The first-order valence-electron chi connectivity index (χ1n) is 38.6. The zero-order chi connectivity index (χ0) is 97.4. The van der Waals surface area contributed by atoms with E-state index in [0.29, 0.717) is 155 Å². The quantitative estimate of drug-likeness (QED) is 0.0179. The smallest absolute Gasteiger partial charge is 0.333 e. The molecule has 45 heteroatoms. The van der Waals surface area contributed by atoms with Gasteiger partial charge in [-0.25, -0.2) is 66.1 Å². The van der Waals surface area contributed by atoms with E-state index in [0.717, 1.165) is 49.6 Å². The fraction of sp³-hybridized carbons (Fsp3) is 0.701. The van der Waals surface area contributed by atoms with Crippen LogP contribution in [0, 0.1) is 0 Å². The largest absolute Gasteiger partial charge is 0.748 e. The van der Waals surface area contributed by atoms with Crippen LogP contribution in [-0.2, 0) is 117 Å². The number of hydrogen-bond donors (Lipinski definition) is 2. The molecule has 0 saturated heterocycles. The van der Waals surface area contributed by atoms with E-state index in [2.05, 4.69) is 61.4 Å². The van der Waals surface area contributed by atoms with E-state index in [9.17, 15) is 118 Å². The molecule has 0 aliphatic rings. The Hall–Kier alpha value is -7.32. The normalized spacial score (nSPS) is 11.9. The number of carboxylic acids is 2. The minimum Gasteiger partial charge on any atom is -0.748 e. The molecule has 2 amide bonds. The molecule has 0 heterocycles. The van der Waals surface area contributed by atoms with Crippen LogP contribution in [0.25, 0.3) is 0 Å². The van der Waals surface area contributed by atoms with Crippen molar-refractivity contribution in [3.8, 4) is 0 Å². The van der Waals surface area contributed by atoms with Crippen LogP contribution in [0.4, 0.5) is 0 Å². The lowest BCUT2D eigenvalue weighted by Crippen LogP contribution is -2.50. The first-order valence-corrected chi connectivity index (χ1v) is 46.5. The average molecular weight is 1850 g/mol. The van der Waals surface area contributed by atoms with Crippen molar-refractivity contribution in [3.05, 3.63) is 85.6 Å². The number of hydrogen-bond acceptors (Lipinski definition) is 31. The number of carbonyl (C=O) groups excluding carboxylic acids is 9. The summed E-state index contributed by atoms with van der Waals surface area (Å²) >= 11 is 0. The van der Waals surface area contributed by atoms with Crippen LogP contribution in [0.5, 0.6) is 0 Å². The van der Waals surface area contributed by atoms with E-state index in [-0.39, 0.29) is 89.7 Å². The highest BCUT2D eigenvalue weighted by molar-refractivity contribution is 7.86. The Bertz CT molecular complexity index is 3950. The van der Waals surface area contributed by atoms with Crippen molar-refractivity contribution >= 4 is 104 Å². The fourth-order valence-electron chi connectivity index (χ4n) is 9.06. The van der Waals surface area contributed by atoms with Gasteiger partial charge in [0, 0.05) is 114 Å². The number of rotatable bonds is 55. The van der Waals surface area contributed by atoms with E-state index in [4.69, 9.17) is 18.9 Å². The van der Waals surface area contributed by atoms with E-state index < -0.39 is 98.3 Å². The highest BCUT2D eigenvalue weighted by Gasteiger charge is 2.23. The molecule has 122 heavy (non-hydrogen) atoms. The molecule has 0 fully saturated rings. The molecule has 0 saturated carbocycles. The summed E-state index contributed by atoms with van der Waals surface area (Å²) in [4.78, 5) is 98.2. The van der Waals surface area contributed by atoms with E-state index in [1.54, 1.807) is 69.7 Å². The first-order chi connectivity index (χ1) is 54.8. The first kappa shape index (κ1) is 128. The maximum Gasteiger partial charge on any atom is 0.333 e. The number of nitrogens with one attached hydrogen (secondary N) is 2. The molecule has 0 aliphatic carbocycles. The minimum atomic E-state index is -4.28. The third kappa shape index (κ3) is 96.5. The van der Waals surface area contributed by atoms with Gasteiger partial charge in [0.1, 0.15) is 82.4 Å². The van der Waals surface area contributed by atoms with Crippen LogP contribution in [-0.4, -0.2) is 409 Å². The Labute approximate surface area is 727 Å². The number of carboxylic acid groups (broad SMARTS) is 2. The van der Waals surface area contributed by atoms with Crippen molar-refractivity contribution in [1.82, 2.24) is 10.6 Å². The van der Waals surface area contributed by atoms with Crippen LogP contribution in [0.15, 0.2) is 85.6 Å². The van der Waals surface area contributed by atoms with Gasteiger partial charge in [-0.3, -0.25) is 9.59 Å². The van der Waals surface area contributed by atoms with Gasteiger partial charge < -0.3 is 108 Å². The van der Waals surface area contributed by atoms with E-state index in [1.165, 1.54) is 0 Å². The molecular formula is C77H145N9O31S5. The summed E-state index contributed by atoms with van der Waals surface area (Å²) in [6.45, 7) is 43.1. The molecular weight excluding hydrogens is 1710 g/mol. The predicted molar refractivity (Wildman–Crippen MR) is 452 cm³/mol. The molecule has 0 spiro atoms. The molecule has 0 radical (unpaired) electrons. The molecule has 0 rings (SSSR count). The van der Waals surface area contributed by atoms with Gasteiger partial charge in [0.15, 0.2) is 5.88 Å². The molecule has 0 aromatic carbocycles. The molecule has 40 nitrogen and oxygen atoms in total. The van der Waals surface area contributed by atoms with Gasteiger partial charge in [0.25, 0.3) is 0 Å². The van der Waals surface area contributed by atoms with Crippen molar-refractivity contribution in [2.75, 3.05) is 259 Å². The van der Waals surface area contributed by atoms with Crippen LogP contribution in [0.2, 0.25) is 0 Å². The van der Waals surface area contributed by atoms with Gasteiger partial charge in [0.2, 0.25) is 11.8 Å². The van der Waals surface area contributed by atoms with Gasteiger partial charge >= 0.3 is 29.8 Å². The minimum absolute atomic E-state index is 0.00142. The number of amides is 2. The van der Waals surface area contributed by atoms with Gasteiger partial charge in [-0.1, -0.05) is 46.1 Å². The molecule has 714 valence electrons. The Morgan fingerprint density at radius 2 is 0.541 bits per heavy atom. The number of quaternary nitrogens is 7. The molecule has 0 aromatic rings. The molecule has 0 atom stereocenters. The molecule has 0 aliphatic heterocycles. The van der Waals surface area contributed by atoms with E-state index in [1.807, 2.05) is 70.5 Å². The van der Waals surface area contributed by atoms with E-state index >= 15 is 0 Å². The van der Waals surface area contributed by atoms with Crippen LogP contribution < -0.4 is 20.8 Å². The third-order valence-corrected chi connectivity index (χ3v) is 20.7. The monoisotopic (exact) mass is 1850 g/mol. The number of nitrogens with zero attached hydrogens (tertiary/aromatic N) is 7. The number of ether oxygens (including phenoxy) is 5. The van der Waals surface area contributed by atoms with Crippen LogP contribution in [0.1, 0.15) is 99.3 Å². The van der Waals surface area contributed by atoms with Crippen molar-refractivity contribution < 1.29 is 173 Å². The molecule has 0 unspecified atom stereocenters. The summed E-state index contributed by atoms with van der Waals surface area (Å²) in [5.74, 6) is -6.56. The highest BCUT2D eigenvalue weighted by atomic mass is 32.2. The summed E-state index contributed by atoms with van der Waals surface area (Å²) in [6.07, 6.45) is 5.41. The average Bonchev–Trinajstić information content (AvgIpc) is 0.902. The SMILES string of the molecule is C=C(C)C(=O)NCCC[N+](C)(C)CCCCS(=O)(=O)[O-].C=C(C)C(=O)NCCC[N+](C)(C)CCCS(=O)(=O)[O-].C=C(C)C(=O)OCC[N+](C)(C)CC(=O)[O-].C=C(C)C(=O)OCC[N+](C)(C)CCC(=O)[O-].C=C(C)C(=O)OCC[N+](C)(C)CCCCS(=O)(=O)[O-].C=C(C)C(=O)OCC[N+](C)(C)CCCS(=O)(=O)[O-].C=CC(=O)OCC[N+](C)(C)CS(=O)(=O)[O-]. The van der Waals surface area contributed by atoms with Gasteiger partial charge in [0.05, 0.1) is 191 Å². The highest BCUT2D eigenvalue weighted by Crippen LogP contribution is 2.10. The number of likely N-dealkylation sites (N-methyl/N-ethyl adjacent to an activating group) is 5. The van der Waals surface area contributed by atoms with Gasteiger partial charge in [-0.05, 0) is 67.2 Å². The molecule has 0 bridgehead atoms. The summed E-state index contributed by atoms with van der Waals surface area (Å²) in [5.41, 5.74) is 2.39. The standard InChI is InChI=1S/C13H26N2O4S.C12H24N2O4S.C12H23NO5S.C11H21NO5S.C11H19NO4.C10H17NO4.C8H15NO5S/c1-12(2)13(16)14-8-7-10-15(3,4)9-5-6-11-20(17,18)19;1-11(2)12(15)13-7-5-8-14(3,4)9-6-10-19(16,17)18;1-11(2)12(14)18-9-8-13(3,4)7-5-6-10-19(15,16)17;1-10(2)11(13)17-8-7-12(3,4)6-5-9-18(14,15)16;1-9(2)11(15)16-8-7-12(3,4)6-5-10(13)14;1-8(2)10(14)15-6-5-11(3,4)7-9(12)13;1-4-8(10)14-6-5-9(2,3)7-15(11,12)13/h1,5-11H2,2-4H3,(H-,14,16,17,18,19);1,5-10H2,2-4H3,(H-,13,15,16,17,18);1,5-10H2,2-4H3;1,5-9H2,2-4H3;1,5-8H2,2-4H3;1,5-7H2,2-4H3;4H,1,5-7H2,2-3H3. The Morgan fingerprint density at radius 1 is 0.303 bits per heavy atom. The summed E-state index contributed by atoms with van der Waals surface area (Å²) in [6, 6.07) is 0. The van der Waals surface area contributed by atoms with Crippen LogP contribution in [0.3, 0.4) is 0 Å². The maximum atomic E-state index is 11.3. The summed E-state index contributed by atoms with van der Waals surface area (Å²) < 4.78 is 185. The van der Waals surface area contributed by atoms with Crippen molar-refractivity contribution in [1.29, 1.82) is 0 Å². The topological polar surface area (TPSA) is 556 Å². The third-order valence-electron chi connectivity index (χ3n) is 16.6. The fourth-order valence-corrected chi connectivity index (χ4v) is 12.1. The second-order valence-electron chi connectivity index (χ2n) is 33.6. The zero-order valence-electron chi connectivity index (χ0n) is 75.9. The Kier molecular flexibility index (Phi) is 65.7. The van der Waals surface area contributed by atoms with Crippen molar-refractivity contribution in [3.63, 3.8) is 0 Å². The second-order valence-corrected chi connectivity index (χ2v) is 41.0. The second kappa shape index (κ2) is 62.7. The Balaban J connectivity index is -0.000000254. The van der Waals surface area contributed by atoms with Crippen molar-refractivity contribution in [2.45, 2.75) is 99.3 Å². The Morgan fingerprint density at radius 3 is 0.787 bits per heavy atom. The van der Waals surface area contributed by atoms with Crippen molar-refractivity contribution in [2.24, 2.45) is 0 Å². The number of unbranched alkanes of at least 4 members (excludes halogenated alkanes) is 2. The number of aliphatic carboxylic acids is 2. The van der Waals surface area contributed by atoms with Gasteiger partial charge in [-0.2, -0.15) is 0 Å². The lowest BCUT2D eigenvalue weighted by Gasteiger charge is -2.30. The predicted octanol–water partition coefficient (Wildman–Crippen LogP) is -1.28. The lowest BCUT2D eigenvalue weighted by molar-refractivity contribution is -0.890. The van der Waals surface area contributed by atoms with Crippen LogP contribution >= 0.6 is 0 Å². The summed E-state index contributed by atoms with van der Waals surface area (Å²) in [5, 5.41) is 26.2. The zero-order valence-corrected chi connectivity index (χ0v) is 80.0. The number of esters is 5. The molecule has 2 N–H and O–H groups in total. The number of carbonyl (C=O) groups is 9.